The molecule has 0 spiro atoms. The molecule has 1 fully saturated rings. The second-order valence-corrected chi connectivity index (χ2v) is 6.66. The van der Waals surface area contributed by atoms with Crippen LogP contribution in [-0.2, 0) is 0 Å². The summed E-state index contributed by atoms with van der Waals surface area (Å²) in [5.41, 5.74) is 0.977. The number of aliphatic imine (C=N–C) groups is 1. The standard InChI is InChI=1S/C18H29FN4.HI/c1-14-7-6-10-23(13-14)18(20-2)21-12-17(22(3)4)15-8-5-9-16(19)11-15;/h5,8-9,11,14,17H,6-7,10,12-13H2,1-4H3,(H,20,21);1H. The molecule has 1 heterocycles. The van der Waals surface area contributed by atoms with Crippen LogP contribution in [0.4, 0.5) is 4.39 Å². The molecule has 136 valence electrons. The number of nitrogens with zero attached hydrogens (tertiary/aromatic N) is 3. The van der Waals surface area contributed by atoms with Gasteiger partial charge in [-0.1, -0.05) is 19.1 Å². The van der Waals surface area contributed by atoms with E-state index in [2.05, 4.69) is 27.0 Å². The fraction of sp³-hybridized carbons (Fsp3) is 0.611. The van der Waals surface area contributed by atoms with Crippen LogP contribution in [0.15, 0.2) is 29.3 Å². The maximum absolute atomic E-state index is 13.5. The number of hydrogen-bond donors (Lipinski definition) is 1. The number of likely N-dealkylation sites (tertiary alicyclic amines) is 1. The van der Waals surface area contributed by atoms with Gasteiger partial charge in [0, 0.05) is 26.7 Å². The largest absolute Gasteiger partial charge is 0.354 e. The smallest absolute Gasteiger partial charge is 0.193 e. The monoisotopic (exact) mass is 448 g/mol. The minimum absolute atomic E-state index is 0. The van der Waals surface area contributed by atoms with Crippen LogP contribution in [0.25, 0.3) is 0 Å². The molecule has 0 amide bonds. The Balaban J connectivity index is 0.00000288. The van der Waals surface area contributed by atoms with Crippen LogP contribution in [0.5, 0.6) is 0 Å². The minimum Gasteiger partial charge on any atom is -0.354 e. The Bertz CT molecular complexity index is 536. The fourth-order valence-electron chi connectivity index (χ4n) is 3.21. The first kappa shape index (κ1) is 21.2. The molecule has 1 aromatic rings. The predicted molar refractivity (Wildman–Crippen MR) is 110 cm³/mol. The number of benzene rings is 1. The highest BCUT2D eigenvalue weighted by atomic mass is 127. The Morgan fingerprint density at radius 3 is 2.79 bits per heavy atom. The maximum Gasteiger partial charge on any atom is 0.193 e. The summed E-state index contributed by atoms with van der Waals surface area (Å²) in [6.07, 6.45) is 2.50. The molecule has 0 radical (unpaired) electrons. The first-order valence-corrected chi connectivity index (χ1v) is 8.38. The molecule has 4 nitrogen and oxygen atoms in total. The van der Waals surface area contributed by atoms with Crippen molar-refractivity contribution in [3.8, 4) is 0 Å². The second kappa shape index (κ2) is 10.2. The van der Waals surface area contributed by atoms with Crippen molar-refractivity contribution in [1.82, 2.24) is 15.1 Å². The number of nitrogens with one attached hydrogen (secondary N) is 1. The van der Waals surface area contributed by atoms with Gasteiger partial charge in [0.2, 0.25) is 0 Å². The Kier molecular flexibility index (Phi) is 8.97. The van der Waals surface area contributed by atoms with Gasteiger partial charge in [0.05, 0.1) is 6.04 Å². The van der Waals surface area contributed by atoms with Crippen LogP contribution < -0.4 is 5.32 Å². The van der Waals surface area contributed by atoms with Crippen molar-refractivity contribution in [2.24, 2.45) is 10.9 Å². The van der Waals surface area contributed by atoms with E-state index in [1.54, 1.807) is 12.1 Å². The van der Waals surface area contributed by atoms with Gasteiger partial charge in [0.1, 0.15) is 5.82 Å². The zero-order valence-corrected chi connectivity index (χ0v) is 17.5. The van der Waals surface area contributed by atoms with Gasteiger partial charge in [-0.05, 0) is 50.6 Å². The van der Waals surface area contributed by atoms with Gasteiger partial charge in [0.25, 0.3) is 0 Å². The molecular weight excluding hydrogens is 418 g/mol. The summed E-state index contributed by atoms with van der Waals surface area (Å²) in [6, 6.07) is 6.93. The lowest BCUT2D eigenvalue weighted by molar-refractivity contribution is 0.258. The van der Waals surface area contributed by atoms with Gasteiger partial charge in [-0.2, -0.15) is 0 Å². The number of halogens is 2. The Hall–Kier alpha value is -0.890. The molecule has 1 aliphatic heterocycles. The van der Waals surface area contributed by atoms with Crippen LogP contribution >= 0.6 is 24.0 Å². The molecule has 1 saturated heterocycles. The van der Waals surface area contributed by atoms with E-state index in [1.165, 1.54) is 18.9 Å². The fourth-order valence-corrected chi connectivity index (χ4v) is 3.21. The Morgan fingerprint density at radius 1 is 1.46 bits per heavy atom. The third kappa shape index (κ3) is 5.88. The van der Waals surface area contributed by atoms with E-state index in [-0.39, 0.29) is 35.8 Å². The molecule has 1 aromatic carbocycles. The minimum atomic E-state index is -0.191. The number of hydrogen-bond acceptors (Lipinski definition) is 2. The van der Waals surface area contributed by atoms with Crippen molar-refractivity contribution in [3.05, 3.63) is 35.6 Å². The normalized spacial score (nSPS) is 19.8. The molecule has 1 N–H and O–H groups in total. The van der Waals surface area contributed by atoms with Gasteiger partial charge in [-0.3, -0.25) is 4.99 Å². The molecule has 1 aliphatic rings. The molecule has 6 heteroatoms. The van der Waals surface area contributed by atoms with Crippen molar-refractivity contribution in [2.75, 3.05) is 40.8 Å². The van der Waals surface area contributed by atoms with E-state index in [1.807, 2.05) is 27.2 Å². The van der Waals surface area contributed by atoms with Crippen LogP contribution in [-0.4, -0.2) is 56.5 Å². The van der Waals surface area contributed by atoms with Crippen molar-refractivity contribution in [1.29, 1.82) is 0 Å². The molecular formula is C18H30FIN4. The number of likely N-dealkylation sites (N-methyl/N-ethyl adjacent to an activating group) is 1. The van der Waals surface area contributed by atoms with Gasteiger partial charge < -0.3 is 15.1 Å². The molecule has 2 unspecified atom stereocenters. The third-order valence-corrected chi connectivity index (χ3v) is 4.48. The molecule has 0 aromatic heterocycles. The zero-order valence-electron chi connectivity index (χ0n) is 15.1. The SMILES string of the molecule is CN=C(NCC(c1cccc(F)c1)N(C)C)N1CCCC(C)C1.I. The summed E-state index contributed by atoms with van der Waals surface area (Å²) in [5.74, 6) is 1.46. The van der Waals surface area contributed by atoms with Crippen molar-refractivity contribution >= 4 is 29.9 Å². The second-order valence-electron chi connectivity index (χ2n) is 6.66. The van der Waals surface area contributed by atoms with Crippen LogP contribution in [0, 0.1) is 11.7 Å². The number of guanidine groups is 1. The average molecular weight is 448 g/mol. The topological polar surface area (TPSA) is 30.9 Å². The number of rotatable bonds is 4. The Labute approximate surface area is 162 Å². The van der Waals surface area contributed by atoms with Crippen molar-refractivity contribution in [3.63, 3.8) is 0 Å². The highest BCUT2D eigenvalue weighted by Crippen LogP contribution is 2.19. The predicted octanol–water partition coefficient (Wildman–Crippen LogP) is 3.35. The van der Waals surface area contributed by atoms with E-state index in [9.17, 15) is 4.39 Å². The first-order chi connectivity index (χ1) is 11.0. The third-order valence-electron chi connectivity index (χ3n) is 4.48. The molecule has 24 heavy (non-hydrogen) atoms. The summed E-state index contributed by atoms with van der Waals surface area (Å²) in [4.78, 5) is 8.86. The van der Waals surface area contributed by atoms with E-state index >= 15 is 0 Å². The number of piperidine rings is 1. The quantitative estimate of drug-likeness (QED) is 0.436. The summed E-state index contributed by atoms with van der Waals surface area (Å²) < 4.78 is 13.5. The van der Waals surface area contributed by atoms with Crippen molar-refractivity contribution < 1.29 is 4.39 Å². The summed E-state index contributed by atoms with van der Waals surface area (Å²) in [7, 11) is 5.86. The van der Waals surface area contributed by atoms with E-state index in [0.29, 0.717) is 12.5 Å². The van der Waals surface area contributed by atoms with Gasteiger partial charge >= 0.3 is 0 Å². The van der Waals surface area contributed by atoms with Gasteiger partial charge in [-0.15, -0.1) is 24.0 Å². The van der Waals surface area contributed by atoms with Gasteiger partial charge in [-0.25, -0.2) is 4.39 Å². The molecule has 0 saturated carbocycles. The van der Waals surface area contributed by atoms with E-state index in [4.69, 9.17) is 0 Å². The van der Waals surface area contributed by atoms with E-state index < -0.39 is 0 Å². The molecule has 0 aliphatic carbocycles. The van der Waals surface area contributed by atoms with Crippen molar-refractivity contribution in [2.45, 2.75) is 25.8 Å². The molecule has 0 bridgehead atoms. The van der Waals surface area contributed by atoms with E-state index in [0.717, 1.165) is 24.6 Å². The highest BCUT2D eigenvalue weighted by Gasteiger charge is 2.21. The van der Waals surface area contributed by atoms with Crippen LogP contribution in [0.3, 0.4) is 0 Å². The lowest BCUT2D eigenvalue weighted by atomic mass is 10.0. The summed E-state index contributed by atoms with van der Waals surface area (Å²) in [6.45, 7) is 5.09. The van der Waals surface area contributed by atoms with Crippen LogP contribution in [0.2, 0.25) is 0 Å². The Morgan fingerprint density at radius 2 is 2.21 bits per heavy atom. The van der Waals surface area contributed by atoms with Crippen LogP contribution in [0.1, 0.15) is 31.4 Å². The molecule has 2 atom stereocenters. The zero-order chi connectivity index (χ0) is 16.8. The summed E-state index contributed by atoms with van der Waals surface area (Å²) in [5, 5.41) is 3.47. The lowest BCUT2D eigenvalue weighted by Gasteiger charge is -2.35. The van der Waals surface area contributed by atoms with Gasteiger partial charge in [0.15, 0.2) is 5.96 Å². The summed E-state index contributed by atoms with van der Waals surface area (Å²) >= 11 is 0. The first-order valence-electron chi connectivity index (χ1n) is 8.38. The average Bonchev–Trinajstić information content (AvgIpc) is 2.51. The lowest BCUT2D eigenvalue weighted by Crippen LogP contribution is -2.48. The maximum atomic E-state index is 13.5. The highest BCUT2D eigenvalue weighted by molar-refractivity contribution is 14.0. The molecule has 2 rings (SSSR count).